The highest BCUT2D eigenvalue weighted by Crippen LogP contribution is 2.57. The van der Waals surface area contributed by atoms with E-state index >= 15 is 0 Å². The van der Waals surface area contributed by atoms with Gasteiger partial charge in [0.15, 0.2) is 5.78 Å². The first-order valence-corrected chi connectivity index (χ1v) is 24.7. The number of carbonyl (C=O) groups excluding carboxylic acids is 4. The monoisotopic (exact) mass is 914 g/mol. The first kappa shape index (κ1) is 47.0. The second-order valence-electron chi connectivity index (χ2n) is 19.1. The molecule has 16 heteroatoms. The summed E-state index contributed by atoms with van der Waals surface area (Å²) in [7, 11) is -1.49. The van der Waals surface area contributed by atoms with Crippen molar-refractivity contribution < 1.29 is 37.1 Å². The Hall–Kier alpha value is -4.93. The number of hydrogen-bond acceptors (Lipinski definition) is 11. The molecule has 1 aliphatic carbocycles. The molecule has 4 aromatic rings. The van der Waals surface area contributed by atoms with Gasteiger partial charge in [-0.25, -0.2) is 9.71 Å². The van der Waals surface area contributed by atoms with E-state index in [1.54, 1.807) is 32.1 Å². The lowest BCUT2D eigenvalue weighted by Crippen LogP contribution is -2.47. The maximum atomic E-state index is 14.8. The predicted molar refractivity (Wildman–Crippen MR) is 247 cm³/mol. The highest BCUT2D eigenvalue weighted by atomic mass is 32.2. The standard InChI is InChI=1S/C48H62N6O8S2/c1-30(2)54-38-23-17-22-36(43-49-37(31(3)63-43)24-32-18-13-12-14-19-32)42(38)50-46(54)61-35-26-39-40(55)28-48(45(58)51-64(59,60)52(7)8)27-34(48)21-16-11-9-10-15-20-33(44(57)53(39)29-35)25-41(56)62-47(4,5)6/h12-14,16-19,21-23,30,33-35,39H,9-11,15,20,24-29H2,1-8H3,(H,51,58)/b21-16-/t33-,34+,35-,39+,48-/m1/s1. The molecule has 7 rings (SSSR count). The highest BCUT2D eigenvalue weighted by molar-refractivity contribution is 7.87. The van der Waals surface area contributed by atoms with Crippen LogP contribution in [0.25, 0.3) is 21.6 Å². The zero-order chi connectivity index (χ0) is 46.1. The fourth-order valence-corrected chi connectivity index (χ4v) is 10.6. The number of Topliss-reactive ketones (excluding diaryl/α,β-unsaturated/α-hetero) is 1. The first-order chi connectivity index (χ1) is 30.3. The fourth-order valence-electron chi connectivity index (χ4n) is 9.02. The number of ketones is 1. The minimum Gasteiger partial charge on any atom is -0.460 e. The summed E-state index contributed by atoms with van der Waals surface area (Å²) in [6, 6.07) is 15.5. The van der Waals surface area contributed by atoms with Crippen molar-refractivity contribution in [2.45, 2.75) is 130 Å². The van der Waals surface area contributed by atoms with Crippen LogP contribution in [0.2, 0.25) is 0 Å². The number of nitrogens with one attached hydrogen (secondary N) is 1. The molecule has 2 amide bonds. The Bertz CT molecular complexity index is 2520. The van der Waals surface area contributed by atoms with Crippen LogP contribution in [0.4, 0.5) is 0 Å². The van der Waals surface area contributed by atoms with E-state index in [0.717, 1.165) is 55.7 Å². The van der Waals surface area contributed by atoms with Crippen LogP contribution in [-0.4, -0.2) is 94.1 Å². The number of aromatic nitrogens is 3. The number of thiazole rings is 1. The van der Waals surface area contributed by atoms with Crippen LogP contribution in [-0.2, 0) is 40.5 Å². The van der Waals surface area contributed by atoms with Gasteiger partial charge in [0.2, 0.25) is 11.8 Å². The number of fused-ring (bicyclic) bond motifs is 3. The van der Waals surface area contributed by atoms with E-state index in [2.05, 4.69) is 23.8 Å². The molecule has 0 unspecified atom stereocenters. The van der Waals surface area contributed by atoms with Gasteiger partial charge in [-0.2, -0.15) is 17.7 Å². The van der Waals surface area contributed by atoms with Crippen molar-refractivity contribution in [3.63, 3.8) is 0 Å². The lowest BCUT2D eigenvalue weighted by molar-refractivity contribution is -0.159. The van der Waals surface area contributed by atoms with Crippen molar-refractivity contribution in [3.05, 3.63) is 76.8 Å². The third kappa shape index (κ3) is 10.4. The van der Waals surface area contributed by atoms with Crippen molar-refractivity contribution in [3.8, 4) is 16.6 Å². The first-order valence-electron chi connectivity index (χ1n) is 22.4. The number of benzene rings is 2. The van der Waals surface area contributed by atoms with Gasteiger partial charge < -0.3 is 14.4 Å². The van der Waals surface area contributed by atoms with Crippen molar-refractivity contribution in [2.75, 3.05) is 20.6 Å². The summed E-state index contributed by atoms with van der Waals surface area (Å²) in [5.74, 6) is -3.07. The number of aryl methyl sites for hydroxylation is 1. The van der Waals surface area contributed by atoms with E-state index in [4.69, 9.17) is 19.4 Å². The molecule has 2 aliphatic heterocycles. The number of rotatable bonds is 11. The van der Waals surface area contributed by atoms with Crippen molar-refractivity contribution >= 4 is 56.1 Å². The lowest BCUT2D eigenvalue weighted by atomic mass is 9.90. The molecule has 1 saturated carbocycles. The molecular weight excluding hydrogens is 853 g/mol. The molecule has 4 heterocycles. The van der Waals surface area contributed by atoms with E-state index in [-0.39, 0.29) is 49.5 Å². The Kier molecular flexibility index (Phi) is 13.9. The molecule has 0 spiro atoms. The third-order valence-corrected chi connectivity index (χ3v) is 14.9. The number of amides is 2. The molecule has 3 aliphatic rings. The number of esters is 1. The summed E-state index contributed by atoms with van der Waals surface area (Å²) in [6.45, 7) is 11.6. The summed E-state index contributed by atoms with van der Waals surface area (Å²) in [5.41, 5.74) is 2.56. The smallest absolute Gasteiger partial charge is 0.307 e. The normalized spacial score (nSPS) is 23.9. The summed E-state index contributed by atoms with van der Waals surface area (Å²) < 4.78 is 43.4. The Morgan fingerprint density at radius 2 is 1.78 bits per heavy atom. The average Bonchev–Trinajstić information content (AvgIpc) is 3.45. The van der Waals surface area contributed by atoms with Crippen LogP contribution in [0.5, 0.6) is 6.01 Å². The molecule has 1 N–H and O–H groups in total. The van der Waals surface area contributed by atoms with Crippen LogP contribution in [0.15, 0.2) is 60.7 Å². The summed E-state index contributed by atoms with van der Waals surface area (Å²) >= 11 is 1.62. The molecule has 1 saturated heterocycles. The highest BCUT2D eigenvalue weighted by Gasteiger charge is 2.61. The maximum absolute atomic E-state index is 14.8. The van der Waals surface area contributed by atoms with Gasteiger partial charge >= 0.3 is 16.2 Å². The fraction of sp³-hybridized carbons (Fsp3) is 0.542. The second-order valence-corrected chi connectivity index (χ2v) is 22.2. The number of para-hydroxylation sites is 1. The van der Waals surface area contributed by atoms with Gasteiger partial charge in [-0.05, 0) is 90.8 Å². The molecule has 14 nitrogen and oxygen atoms in total. The molecular formula is C48H62N6O8S2. The van der Waals surface area contributed by atoms with E-state index in [1.165, 1.54) is 24.6 Å². The zero-order valence-corrected chi connectivity index (χ0v) is 39.9. The molecule has 344 valence electrons. The van der Waals surface area contributed by atoms with Crippen LogP contribution >= 0.6 is 11.3 Å². The van der Waals surface area contributed by atoms with Crippen LogP contribution < -0.4 is 9.46 Å². The van der Waals surface area contributed by atoms with Gasteiger partial charge in [0, 0.05) is 55.8 Å². The van der Waals surface area contributed by atoms with Gasteiger partial charge in [0.05, 0.1) is 35.6 Å². The van der Waals surface area contributed by atoms with Gasteiger partial charge in [0.25, 0.3) is 6.01 Å². The quantitative estimate of drug-likeness (QED) is 0.116. The van der Waals surface area contributed by atoms with E-state index in [1.807, 2.05) is 67.0 Å². The summed E-state index contributed by atoms with van der Waals surface area (Å²) in [4.78, 5) is 69.7. The zero-order valence-electron chi connectivity index (χ0n) is 38.3. The molecule has 0 bridgehead atoms. The molecule has 2 aromatic heterocycles. The predicted octanol–water partition coefficient (Wildman–Crippen LogP) is 7.74. The maximum Gasteiger partial charge on any atom is 0.307 e. The van der Waals surface area contributed by atoms with Crippen molar-refractivity contribution in [1.82, 2.24) is 28.5 Å². The van der Waals surface area contributed by atoms with Crippen LogP contribution in [0.3, 0.4) is 0 Å². The number of hydrogen-bond donors (Lipinski definition) is 1. The van der Waals surface area contributed by atoms with Crippen molar-refractivity contribution in [1.29, 1.82) is 0 Å². The second kappa shape index (κ2) is 18.9. The molecule has 64 heavy (non-hydrogen) atoms. The van der Waals surface area contributed by atoms with Gasteiger partial charge in [-0.3, -0.25) is 23.7 Å². The van der Waals surface area contributed by atoms with Crippen molar-refractivity contribution in [2.24, 2.45) is 17.3 Å². The van der Waals surface area contributed by atoms with Gasteiger partial charge in [0.1, 0.15) is 22.2 Å². The molecule has 2 fully saturated rings. The number of allylic oxidation sites excluding steroid dienone is 2. The summed E-state index contributed by atoms with van der Waals surface area (Å²) in [5, 5.41) is 0.845. The Morgan fingerprint density at radius 3 is 2.48 bits per heavy atom. The Morgan fingerprint density at radius 1 is 1.03 bits per heavy atom. The number of ether oxygens (including phenoxy) is 2. The summed E-state index contributed by atoms with van der Waals surface area (Å²) in [6.07, 6.45) is 7.38. The van der Waals surface area contributed by atoms with E-state index in [9.17, 15) is 27.6 Å². The van der Waals surface area contributed by atoms with E-state index < -0.39 is 51.2 Å². The molecule has 5 atom stereocenters. The Balaban J connectivity index is 1.22. The third-order valence-electron chi connectivity index (χ3n) is 12.5. The topological polar surface area (TPSA) is 170 Å². The van der Waals surface area contributed by atoms with Crippen LogP contribution in [0.1, 0.15) is 115 Å². The van der Waals surface area contributed by atoms with Crippen LogP contribution in [0, 0.1) is 24.2 Å². The van der Waals surface area contributed by atoms with Gasteiger partial charge in [-0.1, -0.05) is 61.4 Å². The van der Waals surface area contributed by atoms with Gasteiger partial charge in [-0.15, -0.1) is 11.3 Å². The van der Waals surface area contributed by atoms with E-state index in [0.29, 0.717) is 31.7 Å². The average molecular weight is 915 g/mol. The Labute approximate surface area is 381 Å². The molecule has 0 radical (unpaired) electrons. The minimum absolute atomic E-state index is 0.0419. The molecule has 2 aromatic carbocycles. The number of carbonyl (C=O) groups is 4. The number of imidazole rings is 1. The SMILES string of the molecule is Cc1sc(-c2cccc3c2nc(O[C@@H]2C[C@H]4C(=O)C[C@]5(C(=O)NS(=O)(=O)N(C)C)C[C@@H]5/C=C\CCCCC[C@H](CC(=O)OC(C)(C)C)C(=O)N4C2)n3C(C)C)nc1Cc1ccccc1. The minimum atomic E-state index is -4.14. The lowest BCUT2D eigenvalue weighted by Gasteiger charge is -2.29. The number of nitrogens with zero attached hydrogens (tertiary/aromatic N) is 5. The largest absolute Gasteiger partial charge is 0.460 e.